The van der Waals surface area contributed by atoms with Crippen LogP contribution in [0, 0.1) is 0 Å². The van der Waals surface area contributed by atoms with E-state index in [4.69, 9.17) is 4.74 Å². The molecule has 1 aromatic heterocycles. The fourth-order valence-electron chi connectivity index (χ4n) is 3.00. The molecule has 0 bridgehead atoms. The van der Waals surface area contributed by atoms with Gasteiger partial charge in [0, 0.05) is 17.4 Å². The van der Waals surface area contributed by atoms with E-state index in [9.17, 15) is 22.8 Å². The van der Waals surface area contributed by atoms with Crippen molar-refractivity contribution in [3.8, 4) is 17.4 Å². The lowest BCUT2D eigenvalue weighted by Crippen LogP contribution is -2.34. The molecule has 0 saturated carbocycles. The topological polar surface area (TPSA) is 89.5 Å². The van der Waals surface area contributed by atoms with Gasteiger partial charge in [0.1, 0.15) is 17.1 Å². The van der Waals surface area contributed by atoms with Gasteiger partial charge in [0.05, 0.1) is 0 Å². The monoisotopic (exact) mass is 473 g/mol. The van der Waals surface area contributed by atoms with E-state index in [1.807, 2.05) is 32.9 Å². The number of ether oxygens (including phenoxy) is 2. The van der Waals surface area contributed by atoms with Gasteiger partial charge in [-0.2, -0.15) is 0 Å². The van der Waals surface area contributed by atoms with Crippen LogP contribution in [0.1, 0.15) is 36.7 Å². The maximum absolute atomic E-state index is 12.7. The molecule has 0 unspecified atom stereocenters. The molecule has 3 rings (SSSR count). The number of urea groups is 1. The summed E-state index contributed by atoms with van der Waals surface area (Å²) in [4.78, 5) is 29.1. The van der Waals surface area contributed by atoms with E-state index >= 15 is 0 Å². The molecular weight excluding hydrogens is 451 g/mol. The van der Waals surface area contributed by atoms with Crippen LogP contribution in [0.25, 0.3) is 0 Å². The number of carbonyl (C=O) groups excluding carboxylic acids is 2. The molecule has 0 aliphatic heterocycles. The van der Waals surface area contributed by atoms with Gasteiger partial charge in [-0.1, -0.05) is 39.0 Å². The average molecular weight is 473 g/mol. The van der Waals surface area contributed by atoms with Crippen molar-refractivity contribution < 1.29 is 32.2 Å². The van der Waals surface area contributed by atoms with E-state index in [1.54, 1.807) is 12.1 Å². The fourth-order valence-corrected chi connectivity index (χ4v) is 3.00. The Labute approximate surface area is 193 Å². The number of amides is 3. The molecule has 0 radical (unpaired) electrons. The highest BCUT2D eigenvalue weighted by atomic mass is 19.4. The number of nitrogens with zero attached hydrogens (tertiary/aromatic N) is 1. The maximum atomic E-state index is 12.7. The minimum atomic E-state index is -4.82. The van der Waals surface area contributed by atoms with Gasteiger partial charge in [-0.25, -0.2) is 9.78 Å². The average Bonchev–Trinajstić information content (AvgIpc) is 2.74. The molecule has 0 fully saturated rings. The zero-order valence-corrected chi connectivity index (χ0v) is 18.6. The number of pyridine rings is 1. The molecule has 7 nitrogen and oxygen atoms in total. The van der Waals surface area contributed by atoms with Crippen LogP contribution in [0.4, 0.5) is 23.7 Å². The molecule has 3 aromatic rings. The van der Waals surface area contributed by atoms with Crippen molar-refractivity contribution in [2.24, 2.45) is 0 Å². The zero-order chi connectivity index (χ0) is 24.9. The molecule has 2 aromatic carbocycles. The van der Waals surface area contributed by atoms with Gasteiger partial charge in [0.2, 0.25) is 5.88 Å². The van der Waals surface area contributed by atoms with Crippen LogP contribution >= 0.6 is 0 Å². The lowest BCUT2D eigenvalue weighted by molar-refractivity contribution is -0.274. The molecular formula is C24H22F3N3O4. The van der Waals surface area contributed by atoms with Crippen LogP contribution in [0.2, 0.25) is 0 Å². The Bertz CT molecular complexity index is 1170. The van der Waals surface area contributed by atoms with Crippen molar-refractivity contribution in [3.63, 3.8) is 0 Å². The third-order valence-corrected chi connectivity index (χ3v) is 4.49. The van der Waals surface area contributed by atoms with E-state index in [1.165, 1.54) is 30.5 Å². The number of benzene rings is 2. The second-order valence-electron chi connectivity index (χ2n) is 8.18. The van der Waals surface area contributed by atoms with Crippen LogP contribution < -0.4 is 20.1 Å². The molecule has 34 heavy (non-hydrogen) atoms. The second kappa shape index (κ2) is 9.82. The summed E-state index contributed by atoms with van der Waals surface area (Å²) in [5.74, 6) is -0.681. The van der Waals surface area contributed by atoms with Crippen LogP contribution in [0.5, 0.6) is 17.4 Å². The summed E-state index contributed by atoms with van der Waals surface area (Å²) in [7, 11) is 0. The van der Waals surface area contributed by atoms with Crippen LogP contribution in [-0.2, 0) is 5.41 Å². The summed E-state index contributed by atoms with van der Waals surface area (Å²) in [6.07, 6.45) is -3.37. The Morgan fingerprint density at radius 2 is 1.59 bits per heavy atom. The smallest absolute Gasteiger partial charge is 0.438 e. The van der Waals surface area contributed by atoms with E-state index in [0.717, 1.165) is 17.7 Å². The number of alkyl halides is 3. The summed E-state index contributed by atoms with van der Waals surface area (Å²) >= 11 is 0. The summed E-state index contributed by atoms with van der Waals surface area (Å²) < 4.78 is 46.5. The van der Waals surface area contributed by atoms with E-state index in [-0.39, 0.29) is 22.5 Å². The quantitative estimate of drug-likeness (QED) is 0.472. The molecule has 0 spiro atoms. The zero-order valence-electron chi connectivity index (χ0n) is 18.6. The highest BCUT2D eigenvalue weighted by Gasteiger charge is 2.31. The van der Waals surface area contributed by atoms with Gasteiger partial charge >= 0.3 is 12.4 Å². The van der Waals surface area contributed by atoms with Gasteiger partial charge in [-0.3, -0.25) is 10.1 Å². The first kappa shape index (κ1) is 24.6. The lowest BCUT2D eigenvalue weighted by atomic mass is 9.86. The Balaban J connectivity index is 1.70. The van der Waals surface area contributed by atoms with Crippen molar-refractivity contribution in [1.29, 1.82) is 0 Å². The minimum absolute atomic E-state index is 0.0122. The molecule has 178 valence electrons. The number of nitrogens with one attached hydrogen (secondary N) is 2. The van der Waals surface area contributed by atoms with Gasteiger partial charge in [0.25, 0.3) is 5.91 Å². The molecule has 10 heteroatoms. The second-order valence-corrected chi connectivity index (χ2v) is 8.18. The Morgan fingerprint density at radius 1 is 0.912 bits per heavy atom. The van der Waals surface area contributed by atoms with Crippen molar-refractivity contribution in [2.75, 3.05) is 5.32 Å². The van der Waals surface area contributed by atoms with Crippen LogP contribution in [-0.4, -0.2) is 23.3 Å². The Hall–Kier alpha value is -4.08. The third-order valence-electron chi connectivity index (χ3n) is 4.49. The first-order valence-electron chi connectivity index (χ1n) is 10.1. The van der Waals surface area contributed by atoms with Crippen LogP contribution in [0.3, 0.4) is 0 Å². The summed E-state index contributed by atoms with van der Waals surface area (Å²) in [6, 6.07) is 13.9. The SMILES string of the molecule is CC(C)(C)c1ccccc1Oc1ncccc1C(=O)NC(=O)Nc1ccc(OC(F)(F)F)cc1. The van der Waals surface area contributed by atoms with Crippen LogP contribution in [0.15, 0.2) is 66.9 Å². The predicted octanol–water partition coefficient (Wildman–Crippen LogP) is 6.03. The number of anilines is 1. The number of hydrogen-bond acceptors (Lipinski definition) is 5. The molecule has 2 N–H and O–H groups in total. The standard InChI is InChI=1S/C24H22F3N3O4/c1-23(2,3)18-8-4-5-9-19(18)33-21-17(7-6-14-28-21)20(31)30-22(32)29-15-10-12-16(13-11-15)34-24(25,26)27/h4-14H,1-3H3,(H2,29,30,31,32). The Morgan fingerprint density at radius 3 is 2.24 bits per heavy atom. The van der Waals surface area contributed by atoms with Crippen molar-refractivity contribution >= 4 is 17.6 Å². The minimum Gasteiger partial charge on any atom is -0.438 e. The highest BCUT2D eigenvalue weighted by Crippen LogP contribution is 2.34. The van der Waals surface area contributed by atoms with E-state index in [0.29, 0.717) is 5.75 Å². The first-order chi connectivity index (χ1) is 15.9. The predicted molar refractivity (Wildman–Crippen MR) is 119 cm³/mol. The van der Waals surface area contributed by atoms with Crippen molar-refractivity contribution in [3.05, 3.63) is 78.0 Å². The maximum Gasteiger partial charge on any atom is 0.573 e. The first-order valence-corrected chi connectivity index (χ1v) is 10.1. The largest absolute Gasteiger partial charge is 0.573 e. The van der Waals surface area contributed by atoms with Gasteiger partial charge in [-0.15, -0.1) is 13.2 Å². The lowest BCUT2D eigenvalue weighted by Gasteiger charge is -2.22. The number of aromatic nitrogens is 1. The molecule has 3 amide bonds. The van der Waals surface area contributed by atoms with Gasteiger partial charge < -0.3 is 14.8 Å². The number of para-hydroxylation sites is 1. The Kier molecular flexibility index (Phi) is 7.09. The highest BCUT2D eigenvalue weighted by molar-refractivity contribution is 6.08. The summed E-state index contributed by atoms with van der Waals surface area (Å²) in [5.41, 5.74) is 0.855. The molecule has 0 saturated heterocycles. The number of carbonyl (C=O) groups is 2. The summed E-state index contributed by atoms with van der Waals surface area (Å²) in [5, 5.41) is 4.51. The molecule has 0 aliphatic carbocycles. The van der Waals surface area contributed by atoms with Gasteiger partial charge in [0.15, 0.2) is 0 Å². The number of hydrogen-bond donors (Lipinski definition) is 2. The molecule has 0 atom stereocenters. The van der Waals surface area contributed by atoms with Gasteiger partial charge in [-0.05, 0) is 47.9 Å². The molecule has 1 heterocycles. The normalized spacial score (nSPS) is 11.5. The number of halogens is 3. The number of imide groups is 1. The fraction of sp³-hybridized carbons (Fsp3) is 0.208. The van der Waals surface area contributed by atoms with E-state index in [2.05, 4.69) is 20.4 Å². The van der Waals surface area contributed by atoms with E-state index < -0.39 is 24.1 Å². The van der Waals surface area contributed by atoms with Crippen molar-refractivity contribution in [2.45, 2.75) is 32.5 Å². The van der Waals surface area contributed by atoms with Crippen molar-refractivity contribution in [1.82, 2.24) is 10.3 Å². The molecule has 0 aliphatic rings. The third kappa shape index (κ3) is 6.71. The summed E-state index contributed by atoms with van der Waals surface area (Å²) in [6.45, 7) is 6.06. The number of rotatable bonds is 5.